The lowest BCUT2D eigenvalue weighted by Crippen LogP contribution is -2.42. The smallest absolute Gasteiger partial charge is 0.264 e. The Kier molecular flexibility index (Phi) is 6.05. The highest BCUT2D eigenvalue weighted by Gasteiger charge is 2.50. The molecule has 1 N–H and O–H groups in total. The summed E-state index contributed by atoms with van der Waals surface area (Å²) in [7, 11) is 0. The van der Waals surface area contributed by atoms with Gasteiger partial charge in [-0.05, 0) is 22.6 Å². The summed E-state index contributed by atoms with van der Waals surface area (Å²) in [6.45, 7) is 6.64. The van der Waals surface area contributed by atoms with E-state index in [-0.39, 0.29) is 17.6 Å². The molecule has 4 nitrogen and oxygen atoms in total. The number of amides is 1. The lowest BCUT2D eigenvalue weighted by Gasteiger charge is -2.23. The fourth-order valence-corrected chi connectivity index (χ4v) is 4.21. The molecule has 1 aliphatic rings. The lowest BCUT2D eigenvalue weighted by atomic mass is 9.85. The molecule has 1 amide bonds. The number of para-hydroxylation sites is 1. The van der Waals surface area contributed by atoms with Crippen molar-refractivity contribution in [2.24, 2.45) is 0 Å². The van der Waals surface area contributed by atoms with Crippen molar-refractivity contribution < 1.29 is 14.7 Å². The quantitative estimate of drug-likeness (QED) is 0.516. The summed E-state index contributed by atoms with van der Waals surface area (Å²) in [5.74, 6) is -0.733. The molecule has 33 heavy (non-hydrogen) atoms. The monoisotopic (exact) mass is 439 g/mol. The van der Waals surface area contributed by atoms with Crippen molar-refractivity contribution in [3.8, 4) is 0 Å². The Morgan fingerprint density at radius 3 is 2.24 bits per heavy atom. The zero-order chi connectivity index (χ0) is 23.6. The summed E-state index contributed by atoms with van der Waals surface area (Å²) >= 11 is 0. The van der Waals surface area contributed by atoms with Crippen LogP contribution in [0.3, 0.4) is 0 Å². The summed E-state index contributed by atoms with van der Waals surface area (Å²) in [4.78, 5) is 28.0. The van der Waals surface area contributed by atoms with Gasteiger partial charge in [-0.1, -0.05) is 106 Å². The van der Waals surface area contributed by atoms with Gasteiger partial charge in [0, 0.05) is 17.7 Å². The molecule has 4 heteroatoms. The van der Waals surface area contributed by atoms with Gasteiger partial charge in [0.05, 0.1) is 12.1 Å². The topological polar surface area (TPSA) is 57.6 Å². The molecule has 0 spiro atoms. The van der Waals surface area contributed by atoms with Crippen molar-refractivity contribution in [3.63, 3.8) is 0 Å². The van der Waals surface area contributed by atoms with E-state index in [1.165, 1.54) is 0 Å². The maximum absolute atomic E-state index is 13.4. The first-order valence-corrected chi connectivity index (χ1v) is 11.2. The Morgan fingerprint density at radius 1 is 0.939 bits per heavy atom. The van der Waals surface area contributed by atoms with E-state index in [0.29, 0.717) is 23.4 Å². The van der Waals surface area contributed by atoms with Crippen LogP contribution in [0.4, 0.5) is 5.69 Å². The number of anilines is 1. The highest BCUT2D eigenvalue weighted by atomic mass is 16.3. The Hall–Kier alpha value is -3.50. The number of aliphatic hydroxyl groups is 1. The normalized spacial score (nSPS) is 18.1. The molecule has 0 saturated heterocycles. The van der Waals surface area contributed by atoms with E-state index in [2.05, 4.69) is 20.8 Å². The zero-order valence-corrected chi connectivity index (χ0v) is 19.3. The number of hydrogen-bond donors (Lipinski definition) is 1. The van der Waals surface area contributed by atoms with Gasteiger partial charge >= 0.3 is 0 Å². The van der Waals surface area contributed by atoms with Crippen LogP contribution in [0.25, 0.3) is 6.08 Å². The summed E-state index contributed by atoms with van der Waals surface area (Å²) in [5.41, 5.74) is 1.86. The predicted octanol–water partition coefficient (Wildman–Crippen LogP) is 5.50. The molecule has 0 aromatic heterocycles. The van der Waals surface area contributed by atoms with Crippen molar-refractivity contribution in [2.45, 2.75) is 38.2 Å². The third-order valence-electron chi connectivity index (χ3n) is 6.13. The van der Waals surface area contributed by atoms with Crippen LogP contribution in [0.2, 0.25) is 0 Å². The van der Waals surface area contributed by atoms with Gasteiger partial charge in [-0.2, -0.15) is 0 Å². The van der Waals surface area contributed by atoms with E-state index in [1.54, 1.807) is 29.2 Å². The Morgan fingerprint density at radius 2 is 1.58 bits per heavy atom. The average Bonchev–Trinajstić information content (AvgIpc) is 3.01. The van der Waals surface area contributed by atoms with Gasteiger partial charge in [0.2, 0.25) is 0 Å². The summed E-state index contributed by atoms with van der Waals surface area (Å²) in [6.07, 6.45) is 3.54. The molecule has 0 saturated carbocycles. The number of ketones is 1. The van der Waals surface area contributed by atoms with Crippen molar-refractivity contribution in [3.05, 3.63) is 107 Å². The van der Waals surface area contributed by atoms with Crippen LogP contribution in [0.1, 0.15) is 54.2 Å². The molecule has 3 aromatic rings. The number of hydrogen-bond acceptors (Lipinski definition) is 3. The molecule has 1 aliphatic heterocycles. The average molecular weight is 440 g/mol. The van der Waals surface area contributed by atoms with Gasteiger partial charge in [-0.15, -0.1) is 0 Å². The molecule has 0 aliphatic carbocycles. The third-order valence-corrected chi connectivity index (χ3v) is 6.13. The second-order valence-corrected chi connectivity index (χ2v) is 9.53. The Labute approximate surface area is 195 Å². The van der Waals surface area contributed by atoms with E-state index in [1.807, 2.05) is 66.7 Å². The van der Waals surface area contributed by atoms with Crippen molar-refractivity contribution in [2.75, 3.05) is 11.4 Å². The second-order valence-electron chi connectivity index (χ2n) is 9.53. The van der Waals surface area contributed by atoms with Crippen LogP contribution in [0.15, 0.2) is 84.9 Å². The van der Waals surface area contributed by atoms with Crippen LogP contribution in [0, 0.1) is 0 Å². The molecule has 0 fully saturated rings. The first kappa shape index (κ1) is 22.7. The molecule has 0 radical (unpaired) electrons. The summed E-state index contributed by atoms with van der Waals surface area (Å²) in [5, 5.41) is 11.5. The number of Topliss-reactive ketones (excluding diaryl/α,β-unsaturated/α-hetero) is 1. The number of carbonyl (C=O) groups excluding carboxylic acids is 2. The Bertz CT molecular complexity index is 1190. The number of fused-ring (bicyclic) bond motifs is 1. The van der Waals surface area contributed by atoms with E-state index in [9.17, 15) is 14.7 Å². The van der Waals surface area contributed by atoms with Crippen molar-refractivity contribution >= 4 is 23.5 Å². The van der Waals surface area contributed by atoms with E-state index < -0.39 is 11.5 Å². The van der Waals surface area contributed by atoms with E-state index in [4.69, 9.17) is 0 Å². The molecule has 0 bridgehead atoms. The highest BCUT2D eigenvalue weighted by molar-refractivity contribution is 6.11. The van der Waals surface area contributed by atoms with Gasteiger partial charge in [0.15, 0.2) is 11.4 Å². The molecule has 1 heterocycles. The van der Waals surface area contributed by atoms with Gasteiger partial charge < -0.3 is 10.0 Å². The van der Waals surface area contributed by atoms with Crippen LogP contribution in [-0.2, 0) is 15.8 Å². The summed E-state index contributed by atoms with van der Waals surface area (Å²) in [6, 6.07) is 24.4. The number of rotatable bonds is 6. The number of nitrogens with zero attached hydrogens (tertiary/aromatic N) is 1. The third kappa shape index (κ3) is 4.53. The number of benzene rings is 3. The minimum Gasteiger partial charge on any atom is -0.375 e. The second kappa shape index (κ2) is 8.80. The number of carbonyl (C=O) groups is 2. The standard InChI is InChI=1S/C29H29NO3/c1-28(2,3)23-17-15-22(16-18-23)26(31)20-29(33)24-13-7-8-14-25(24)30(27(29)32)19-9-12-21-10-5-4-6-11-21/h4-18,33H,19-20H2,1-3H3/b12-9+. The zero-order valence-electron chi connectivity index (χ0n) is 19.3. The lowest BCUT2D eigenvalue weighted by molar-refractivity contribution is -0.135. The van der Waals surface area contributed by atoms with Crippen molar-refractivity contribution in [1.29, 1.82) is 0 Å². The van der Waals surface area contributed by atoms with E-state index in [0.717, 1.165) is 11.1 Å². The van der Waals surface area contributed by atoms with Crippen molar-refractivity contribution in [1.82, 2.24) is 0 Å². The summed E-state index contributed by atoms with van der Waals surface area (Å²) < 4.78 is 0. The molecule has 3 aromatic carbocycles. The Balaban J connectivity index is 1.57. The highest BCUT2D eigenvalue weighted by Crippen LogP contribution is 2.42. The van der Waals surface area contributed by atoms with Crippen LogP contribution >= 0.6 is 0 Å². The van der Waals surface area contributed by atoms with Gasteiger partial charge in [-0.3, -0.25) is 9.59 Å². The molecule has 1 unspecified atom stereocenters. The molecular formula is C29H29NO3. The SMILES string of the molecule is CC(C)(C)c1ccc(C(=O)CC2(O)C(=O)N(C/C=C/c3ccccc3)c3ccccc32)cc1. The fraction of sp³-hybridized carbons (Fsp3) is 0.241. The van der Waals surface area contributed by atoms with Crippen LogP contribution in [0.5, 0.6) is 0 Å². The van der Waals surface area contributed by atoms with Crippen LogP contribution in [-0.4, -0.2) is 23.3 Å². The first-order chi connectivity index (χ1) is 15.7. The maximum atomic E-state index is 13.4. The minimum atomic E-state index is -1.88. The fourth-order valence-electron chi connectivity index (χ4n) is 4.21. The molecule has 4 rings (SSSR count). The van der Waals surface area contributed by atoms with Gasteiger partial charge in [0.25, 0.3) is 5.91 Å². The maximum Gasteiger partial charge on any atom is 0.264 e. The first-order valence-electron chi connectivity index (χ1n) is 11.2. The van der Waals surface area contributed by atoms with E-state index >= 15 is 0 Å². The molecular weight excluding hydrogens is 410 g/mol. The predicted molar refractivity (Wildman–Crippen MR) is 132 cm³/mol. The molecule has 168 valence electrons. The van der Waals surface area contributed by atoms with Gasteiger partial charge in [0.1, 0.15) is 0 Å². The van der Waals surface area contributed by atoms with Gasteiger partial charge in [-0.25, -0.2) is 0 Å². The molecule has 1 atom stereocenters. The van der Waals surface area contributed by atoms with Crippen LogP contribution < -0.4 is 4.90 Å². The minimum absolute atomic E-state index is 0.0199. The largest absolute Gasteiger partial charge is 0.375 e.